The van der Waals surface area contributed by atoms with Crippen LogP contribution < -0.4 is 5.32 Å². The van der Waals surface area contributed by atoms with Crippen LogP contribution in [0.4, 0.5) is 5.95 Å². The van der Waals surface area contributed by atoms with Gasteiger partial charge < -0.3 is 5.32 Å². The van der Waals surface area contributed by atoms with Crippen molar-refractivity contribution < 1.29 is 8.42 Å². The SMILES string of the molecule is Cc1ccc(-c2nc(N[C@@H]3CCS(=O)(=O)C3)ncc2-c2cncnc2)cc1. The van der Waals surface area contributed by atoms with Crippen LogP contribution in [0.3, 0.4) is 0 Å². The van der Waals surface area contributed by atoms with Crippen LogP contribution in [0.25, 0.3) is 22.4 Å². The maximum absolute atomic E-state index is 11.7. The fourth-order valence-electron chi connectivity index (χ4n) is 3.12. The van der Waals surface area contributed by atoms with Crippen molar-refractivity contribution in [2.75, 3.05) is 16.8 Å². The zero-order valence-corrected chi connectivity index (χ0v) is 15.6. The Kier molecular flexibility index (Phi) is 4.57. The number of aryl methyl sites for hydroxylation is 1. The summed E-state index contributed by atoms with van der Waals surface area (Å²) in [5.41, 5.74) is 4.51. The zero-order chi connectivity index (χ0) is 18.9. The number of hydrogen-bond donors (Lipinski definition) is 1. The topological polar surface area (TPSA) is 97.7 Å². The summed E-state index contributed by atoms with van der Waals surface area (Å²) in [5.74, 6) is 0.743. The fraction of sp³-hybridized carbons (Fsp3) is 0.263. The van der Waals surface area contributed by atoms with Crippen LogP contribution >= 0.6 is 0 Å². The van der Waals surface area contributed by atoms with E-state index in [9.17, 15) is 8.42 Å². The zero-order valence-electron chi connectivity index (χ0n) is 14.8. The Bertz CT molecular complexity index is 1050. The molecule has 1 atom stereocenters. The van der Waals surface area contributed by atoms with Gasteiger partial charge in [-0.3, -0.25) is 0 Å². The minimum atomic E-state index is -2.97. The molecule has 0 unspecified atom stereocenters. The van der Waals surface area contributed by atoms with Gasteiger partial charge in [-0.2, -0.15) is 0 Å². The molecule has 1 fully saturated rings. The van der Waals surface area contributed by atoms with Crippen LogP contribution in [0.5, 0.6) is 0 Å². The Balaban J connectivity index is 1.73. The predicted molar refractivity (Wildman–Crippen MR) is 104 cm³/mol. The second-order valence-corrected chi connectivity index (χ2v) is 8.92. The van der Waals surface area contributed by atoms with Crippen LogP contribution in [0, 0.1) is 6.92 Å². The largest absolute Gasteiger partial charge is 0.350 e. The molecule has 3 aromatic rings. The summed E-state index contributed by atoms with van der Waals surface area (Å²) in [7, 11) is -2.97. The standard InChI is InChI=1S/C19H19N5O2S/c1-13-2-4-14(5-3-13)18-17(15-8-20-12-21-9-15)10-22-19(24-18)23-16-6-7-27(25,26)11-16/h2-5,8-10,12,16H,6-7,11H2,1H3,(H,22,23,24)/t16-/m1/s1. The Morgan fingerprint density at radius 1 is 1.04 bits per heavy atom. The summed E-state index contributed by atoms with van der Waals surface area (Å²) < 4.78 is 23.4. The van der Waals surface area contributed by atoms with E-state index < -0.39 is 9.84 Å². The third kappa shape index (κ3) is 3.95. The highest BCUT2D eigenvalue weighted by atomic mass is 32.2. The Morgan fingerprint density at radius 2 is 1.78 bits per heavy atom. The van der Waals surface area contributed by atoms with E-state index >= 15 is 0 Å². The maximum atomic E-state index is 11.7. The lowest BCUT2D eigenvalue weighted by Gasteiger charge is -2.14. The van der Waals surface area contributed by atoms with Gasteiger partial charge >= 0.3 is 0 Å². The highest BCUT2D eigenvalue weighted by Crippen LogP contribution is 2.30. The van der Waals surface area contributed by atoms with Crippen molar-refractivity contribution in [1.29, 1.82) is 0 Å². The Hall–Kier alpha value is -2.87. The lowest BCUT2D eigenvalue weighted by molar-refractivity contribution is 0.602. The van der Waals surface area contributed by atoms with Crippen LogP contribution in [0.2, 0.25) is 0 Å². The number of nitrogens with zero attached hydrogens (tertiary/aromatic N) is 4. The van der Waals surface area contributed by atoms with E-state index in [1.54, 1.807) is 18.6 Å². The van der Waals surface area contributed by atoms with Crippen molar-refractivity contribution in [3.8, 4) is 22.4 Å². The fourth-order valence-corrected chi connectivity index (χ4v) is 4.80. The molecule has 4 rings (SSSR count). The van der Waals surface area contributed by atoms with Crippen LogP contribution in [-0.4, -0.2) is 45.9 Å². The molecule has 1 aliphatic heterocycles. The first-order valence-electron chi connectivity index (χ1n) is 8.67. The number of sulfone groups is 1. The molecule has 0 amide bonds. The molecule has 1 saturated heterocycles. The van der Waals surface area contributed by atoms with Crippen molar-refractivity contribution in [3.63, 3.8) is 0 Å². The molecule has 0 aliphatic carbocycles. The lowest BCUT2D eigenvalue weighted by Crippen LogP contribution is -2.22. The molecule has 2 aromatic heterocycles. The molecule has 0 radical (unpaired) electrons. The minimum absolute atomic E-state index is 0.116. The molecule has 0 spiro atoms. The number of benzene rings is 1. The van der Waals surface area contributed by atoms with Crippen molar-refractivity contribution in [2.45, 2.75) is 19.4 Å². The van der Waals surface area contributed by atoms with Gasteiger partial charge in [-0.25, -0.2) is 28.4 Å². The van der Waals surface area contributed by atoms with Crippen molar-refractivity contribution >= 4 is 15.8 Å². The molecule has 8 heteroatoms. The van der Waals surface area contributed by atoms with E-state index in [1.165, 1.54) is 6.33 Å². The van der Waals surface area contributed by atoms with Gasteiger partial charge in [0.1, 0.15) is 6.33 Å². The molecule has 7 nitrogen and oxygen atoms in total. The summed E-state index contributed by atoms with van der Waals surface area (Å²) >= 11 is 0. The number of hydrogen-bond acceptors (Lipinski definition) is 7. The first-order chi connectivity index (χ1) is 13.0. The van der Waals surface area contributed by atoms with E-state index in [1.807, 2.05) is 31.2 Å². The van der Waals surface area contributed by atoms with E-state index in [0.29, 0.717) is 12.4 Å². The monoisotopic (exact) mass is 381 g/mol. The molecule has 1 aromatic carbocycles. The lowest BCUT2D eigenvalue weighted by atomic mass is 10.0. The number of anilines is 1. The molecule has 0 bridgehead atoms. The molecule has 138 valence electrons. The minimum Gasteiger partial charge on any atom is -0.350 e. The molecule has 1 N–H and O–H groups in total. The summed E-state index contributed by atoms with van der Waals surface area (Å²) in [6, 6.07) is 7.91. The van der Waals surface area contributed by atoms with Gasteiger partial charge in [-0.05, 0) is 13.3 Å². The molecular formula is C19H19N5O2S. The second-order valence-electron chi connectivity index (χ2n) is 6.69. The molecular weight excluding hydrogens is 362 g/mol. The van der Waals surface area contributed by atoms with Crippen LogP contribution in [-0.2, 0) is 9.84 Å². The van der Waals surface area contributed by atoms with Gasteiger partial charge in [0.15, 0.2) is 9.84 Å². The average Bonchev–Trinajstić information content (AvgIpc) is 3.01. The van der Waals surface area contributed by atoms with E-state index in [-0.39, 0.29) is 17.5 Å². The predicted octanol–water partition coefficient (Wildman–Crippen LogP) is 2.51. The van der Waals surface area contributed by atoms with Gasteiger partial charge in [-0.1, -0.05) is 29.8 Å². The van der Waals surface area contributed by atoms with Crippen molar-refractivity contribution in [2.24, 2.45) is 0 Å². The molecule has 3 heterocycles. The second kappa shape index (κ2) is 7.03. The highest BCUT2D eigenvalue weighted by molar-refractivity contribution is 7.91. The Labute approximate surface area is 157 Å². The number of rotatable bonds is 4. The third-order valence-electron chi connectivity index (χ3n) is 4.55. The summed E-state index contributed by atoms with van der Waals surface area (Å²) in [5, 5.41) is 3.16. The van der Waals surface area contributed by atoms with E-state index in [2.05, 4.69) is 25.3 Å². The van der Waals surface area contributed by atoms with Gasteiger partial charge in [-0.15, -0.1) is 0 Å². The number of nitrogens with one attached hydrogen (secondary N) is 1. The Morgan fingerprint density at radius 3 is 2.44 bits per heavy atom. The summed E-state index contributed by atoms with van der Waals surface area (Å²) in [6.07, 6.45) is 7.22. The summed E-state index contributed by atoms with van der Waals surface area (Å²) in [4.78, 5) is 17.3. The van der Waals surface area contributed by atoms with E-state index in [0.717, 1.165) is 27.9 Å². The first kappa shape index (κ1) is 17.5. The van der Waals surface area contributed by atoms with Crippen LogP contribution in [0.1, 0.15) is 12.0 Å². The van der Waals surface area contributed by atoms with Crippen LogP contribution in [0.15, 0.2) is 49.2 Å². The smallest absolute Gasteiger partial charge is 0.223 e. The summed E-state index contributed by atoms with van der Waals surface area (Å²) in [6.45, 7) is 2.03. The van der Waals surface area contributed by atoms with Gasteiger partial charge in [0.25, 0.3) is 0 Å². The normalized spacial score (nSPS) is 18.3. The van der Waals surface area contributed by atoms with Crippen molar-refractivity contribution in [1.82, 2.24) is 19.9 Å². The average molecular weight is 381 g/mol. The van der Waals surface area contributed by atoms with Gasteiger partial charge in [0, 0.05) is 41.3 Å². The molecule has 27 heavy (non-hydrogen) atoms. The van der Waals surface area contributed by atoms with Gasteiger partial charge in [0.05, 0.1) is 17.2 Å². The van der Waals surface area contributed by atoms with Crippen molar-refractivity contribution in [3.05, 3.63) is 54.7 Å². The van der Waals surface area contributed by atoms with Gasteiger partial charge in [0.2, 0.25) is 5.95 Å². The molecule has 0 saturated carbocycles. The number of aromatic nitrogens is 4. The first-order valence-corrected chi connectivity index (χ1v) is 10.5. The van der Waals surface area contributed by atoms with E-state index in [4.69, 9.17) is 0 Å². The highest BCUT2D eigenvalue weighted by Gasteiger charge is 2.28. The quantitative estimate of drug-likeness (QED) is 0.741. The third-order valence-corrected chi connectivity index (χ3v) is 6.32. The maximum Gasteiger partial charge on any atom is 0.223 e. The molecule has 1 aliphatic rings.